The van der Waals surface area contributed by atoms with Gasteiger partial charge in [-0.15, -0.1) is 0 Å². The monoisotopic (exact) mass is 362 g/mol. The van der Waals surface area contributed by atoms with Gasteiger partial charge in [-0.3, -0.25) is 4.90 Å². The lowest BCUT2D eigenvalue weighted by atomic mass is 9.89. The smallest absolute Gasteiger partial charge is 0.229 e. The van der Waals surface area contributed by atoms with Gasteiger partial charge in [-0.1, -0.05) is 26.7 Å². The third kappa shape index (κ3) is 4.62. The second-order valence-electron chi connectivity index (χ2n) is 8.24. The molecule has 1 saturated carbocycles. The Bertz CT molecular complexity index is 559. The summed E-state index contributed by atoms with van der Waals surface area (Å²) < 4.78 is 0. The van der Waals surface area contributed by atoms with E-state index in [9.17, 15) is 5.11 Å². The first-order valence-electron chi connectivity index (χ1n) is 10.1. The van der Waals surface area contributed by atoms with E-state index in [1.54, 1.807) is 0 Å². The Labute approximate surface area is 157 Å². The normalized spacial score (nSPS) is 25.5. The third-order valence-electron chi connectivity index (χ3n) is 5.58. The van der Waals surface area contributed by atoms with Crippen LogP contribution in [0.25, 0.3) is 0 Å². The van der Waals surface area contributed by atoms with Crippen molar-refractivity contribution in [1.82, 2.24) is 19.9 Å². The molecule has 2 unspecified atom stereocenters. The highest BCUT2D eigenvalue weighted by Crippen LogP contribution is 2.26. The molecule has 1 aromatic rings. The van der Waals surface area contributed by atoms with Crippen molar-refractivity contribution in [3.8, 4) is 0 Å². The molecule has 0 spiro atoms. The molecule has 1 aliphatic heterocycles. The lowest BCUT2D eigenvalue weighted by Crippen LogP contribution is -2.50. The minimum atomic E-state index is -0.145. The van der Waals surface area contributed by atoms with Gasteiger partial charge in [0.05, 0.1) is 6.10 Å². The first-order chi connectivity index (χ1) is 12.4. The number of anilines is 2. The zero-order chi connectivity index (χ0) is 18.7. The molecule has 0 bridgehead atoms. The van der Waals surface area contributed by atoms with Gasteiger partial charge in [-0.05, 0) is 25.7 Å². The van der Waals surface area contributed by atoms with Crippen LogP contribution >= 0.6 is 0 Å². The zero-order valence-corrected chi connectivity index (χ0v) is 16.6. The van der Waals surface area contributed by atoms with Crippen molar-refractivity contribution in [3.05, 3.63) is 5.82 Å². The first-order valence-corrected chi connectivity index (χ1v) is 10.1. The number of aliphatic hydroxyl groups excluding tert-OH is 1. The van der Waals surface area contributed by atoms with E-state index < -0.39 is 0 Å². The van der Waals surface area contributed by atoms with Crippen LogP contribution in [0.3, 0.4) is 0 Å². The number of nitrogens with one attached hydrogen (secondary N) is 1. The minimum Gasteiger partial charge on any atom is -0.391 e. The maximum absolute atomic E-state index is 10.3. The van der Waals surface area contributed by atoms with Gasteiger partial charge in [0.1, 0.15) is 5.82 Å². The second kappa shape index (κ2) is 8.48. The predicted molar refractivity (Wildman–Crippen MR) is 105 cm³/mol. The summed E-state index contributed by atoms with van der Waals surface area (Å²) in [6.07, 6.45) is 6.48. The maximum atomic E-state index is 10.3. The van der Waals surface area contributed by atoms with Crippen LogP contribution in [0.4, 0.5) is 11.9 Å². The Kier molecular flexibility index (Phi) is 6.29. The summed E-state index contributed by atoms with van der Waals surface area (Å²) in [7, 11) is 3.91. The molecule has 0 amide bonds. The van der Waals surface area contributed by atoms with E-state index in [-0.39, 0.29) is 12.0 Å². The summed E-state index contributed by atoms with van der Waals surface area (Å²) >= 11 is 0. The quantitative estimate of drug-likeness (QED) is 0.832. The van der Waals surface area contributed by atoms with Crippen LogP contribution in [0, 0.1) is 0 Å². The highest BCUT2D eigenvalue weighted by Gasteiger charge is 2.31. The average Bonchev–Trinajstić information content (AvgIpc) is 2.62. The van der Waals surface area contributed by atoms with Gasteiger partial charge < -0.3 is 15.3 Å². The molecule has 0 aromatic carbocycles. The number of rotatable bonds is 5. The molecule has 1 saturated heterocycles. The molecular weight excluding hydrogens is 328 g/mol. The fourth-order valence-electron chi connectivity index (χ4n) is 3.98. The van der Waals surface area contributed by atoms with Gasteiger partial charge in [-0.25, -0.2) is 0 Å². The Morgan fingerprint density at radius 3 is 2.35 bits per heavy atom. The lowest BCUT2D eigenvalue weighted by molar-refractivity contribution is 0.00990. The molecule has 0 radical (unpaired) electrons. The standard InChI is InChI=1S/C19H34N6O/c1-13(2)17-21-18(23-19(22-17)24(3)4)20-14-9-11-25(12-10-14)15-7-5-6-8-16(15)26/h13-16,26H,5-12H2,1-4H3,(H,20,21,22,23). The van der Waals surface area contributed by atoms with E-state index in [1.165, 1.54) is 12.8 Å². The molecule has 26 heavy (non-hydrogen) atoms. The predicted octanol–water partition coefficient (Wildman–Crippen LogP) is 2.24. The van der Waals surface area contributed by atoms with Crippen LogP contribution in [0.2, 0.25) is 0 Å². The van der Waals surface area contributed by atoms with Crippen molar-refractivity contribution in [3.63, 3.8) is 0 Å². The minimum absolute atomic E-state index is 0.145. The highest BCUT2D eigenvalue weighted by atomic mass is 16.3. The van der Waals surface area contributed by atoms with Gasteiger partial charge in [-0.2, -0.15) is 15.0 Å². The number of nitrogens with zero attached hydrogens (tertiary/aromatic N) is 5. The number of aliphatic hydroxyl groups is 1. The molecule has 2 fully saturated rings. The molecule has 7 heteroatoms. The summed E-state index contributed by atoms with van der Waals surface area (Å²) in [5.41, 5.74) is 0. The van der Waals surface area contributed by atoms with E-state index in [4.69, 9.17) is 0 Å². The summed E-state index contributed by atoms with van der Waals surface area (Å²) in [4.78, 5) is 18.1. The SMILES string of the molecule is CC(C)c1nc(NC2CCN(C3CCCCC3O)CC2)nc(N(C)C)n1. The van der Waals surface area contributed by atoms with Crippen LogP contribution in [0.15, 0.2) is 0 Å². The average molecular weight is 363 g/mol. The summed E-state index contributed by atoms with van der Waals surface area (Å²) in [5.74, 6) is 2.48. The summed E-state index contributed by atoms with van der Waals surface area (Å²) in [6, 6.07) is 0.735. The Morgan fingerprint density at radius 2 is 1.73 bits per heavy atom. The highest BCUT2D eigenvalue weighted by molar-refractivity contribution is 5.37. The largest absolute Gasteiger partial charge is 0.391 e. The number of likely N-dealkylation sites (tertiary alicyclic amines) is 1. The van der Waals surface area contributed by atoms with E-state index in [0.29, 0.717) is 24.0 Å². The molecule has 2 aliphatic rings. The summed E-state index contributed by atoms with van der Waals surface area (Å²) in [5, 5.41) is 13.8. The van der Waals surface area contributed by atoms with Crippen LogP contribution in [0.1, 0.15) is 64.1 Å². The van der Waals surface area contributed by atoms with Crippen molar-refractivity contribution < 1.29 is 5.11 Å². The van der Waals surface area contributed by atoms with Crippen molar-refractivity contribution in [2.45, 2.75) is 76.5 Å². The van der Waals surface area contributed by atoms with Gasteiger partial charge in [0.25, 0.3) is 0 Å². The Hall–Kier alpha value is -1.47. The molecule has 146 valence electrons. The fraction of sp³-hybridized carbons (Fsp3) is 0.842. The number of hydrogen-bond donors (Lipinski definition) is 2. The molecule has 7 nitrogen and oxygen atoms in total. The molecule has 1 aliphatic carbocycles. The zero-order valence-electron chi connectivity index (χ0n) is 16.6. The molecule has 1 aromatic heterocycles. The van der Waals surface area contributed by atoms with Crippen molar-refractivity contribution in [2.24, 2.45) is 0 Å². The Balaban J connectivity index is 1.60. The molecular formula is C19H34N6O. The second-order valence-corrected chi connectivity index (χ2v) is 8.24. The van der Waals surface area contributed by atoms with E-state index >= 15 is 0 Å². The lowest BCUT2D eigenvalue weighted by Gasteiger charge is -2.41. The van der Waals surface area contributed by atoms with Gasteiger partial charge in [0.15, 0.2) is 0 Å². The van der Waals surface area contributed by atoms with Crippen molar-refractivity contribution in [2.75, 3.05) is 37.4 Å². The van der Waals surface area contributed by atoms with Gasteiger partial charge in [0, 0.05) is 45.2 Å². The van der Waals surface area contributed by atoms with Crippen LogP contribution in [-0.4, -0.2) is 70.3 Å². The molecule has 2 atom stereocenters. The van der Waals surface area contributed by atoms with E-state index in [1.807, 2.05) is 19.0 Å². The van der Waals surface area contributed by atoms with Gasteiger partial charge in [0.2, 0.25) is 11.9 Å². The molecule has 3 rings (SSSR count). The van der Waals surface area contributed by atoms with E-state index in [0.717, 1.165) is 44.6 Å². The molecule has 2 heterocycles. The molecule has 2 N–H and O–H groups in total. The van der Waals surface area contributed by atoms with Crippen molar-refractivity contribution >= 4 is 11.9 Å². The van der Waals surface area contributed by atoms with Crippen molar-refractivity contribution in [1.29, 1.82) is 0 Å². The topological polar surface area (TPSA) is 77.4 Å². The van der Waals surface area contributed by atoms with Gasteiger partial charge >= 0.3 is 0 Å². The number of hydrogen-bond acceptors (Lipinski definition) is 7. The number of piperidine rings is 1. The fourth-order valence-corrected chi connectivity index (χ4v) is 3.98. The van der Waals surface area contributed by atoms with Crippen LogP contribution < -0.4 is 10.2 Å². The third-order valence-corrected chi connectivity index (χ3v) is 5.58. The summed E-state index contributed by atoms with van der Waals surface area (Å²) in [6.45, 7) is 6.27. The van der Waals surface area contributed by atoms with E-state index in [2.05, 4.69) is 39.0 Å². The Morgan fingerprint density at radius 1 is 1.04 bits per heavy atom. The maximum Gasteiger partial charge on any atom is 0.229 e. The first kappa shape index (κ1) is 19.3. The van der Waals surface area contributed by atoms with Crippen LogP contribution in [0.5, 0.6) is 0 Å². The number of aromatic nitrogens is 3. The van der Waals surface area contributed by atoms with Crippen LogP contribution in [-0.2, 0) is 0 Å².